The first kappa shape index (κ1) is 7.77. The van der Waals surface area contributed by atoms with Gasteiger partial charge in [0.2, 0.25) is 0 Å². The van der Waals surface area contributed by atoms with E-state index in [-0.39, 0.29) is 0 Å². The van der Waals surface area contributed by atoms with Crippen LogP contribution in [0.4, 0.5) is 9.18 Å². The molecule has 1 fully saturated rings. The summed E-state index contributed by atoms with van der Waals surface area (Å²) in [7, 11) is 1.06. The van der Waals surface area contributed by atoms with Crippen LogP contribution in [0.3, 0.4) is 0 Å². The van der Waals surface area contributed by atoms with Gasteiger partial charge in [-0.3, -0.25) is 0 Å². The third-order valence-corrected chi connectivity index (χ3v) is 1.10. The zero-order valence-electron chi connectivity index (χ0n) is 5.57. The Bertz CT molecular complexity index is 191. The Kier molecular flexibility index (Phi) is 1.93. The molecule has 0 aromatic heterocycles. The third kappa shape index (κ3) is 1.39. The number of halogens is 1. The number of cyclic esters (lactones) is 2. The van der Waals surface area contributed by atoms with Crippen LogP contribution in [0.2, 0.25) is 0 Å². The normalized spacial score (nSPS) is 29.1. The second-order valence-electron chi connectivity index (χ2n) is 1.78. The van der Waals surface area contributed by atoms with Gasteiger partial charge in [-0.1, -0.05) is 0 Å². The number of esters is 1. The predicted octanol–water partition coefficient (Wildman–Crippen LogP) is -0.00960. The van der Waals surface area contributed by atoms with E-state index >= 15 is 0 Å². The van der Waals surface area contributed by atoms with Gasteiger partial charge in [0.05, 0.1) is 7.11 Å². The average Bonchev–Trinajstić information content (AvgIpc) is 2.28. The van der Waals surface area contributed by atoms with Gasteiger partial charge in [0.15, 0.2) is 0 Å². The SMILES string of the molecule is COC(=O)C1OC(=O)OC1F. The van der Waals surface area contributed by atoms with Crippen LogP contribution in [-0.4, -0.2) is 31.7 Å². The van der Waals surface area contributed by atoms with E-state index in [0.29, 0.717) is 0 Å². The molecular formula is C5H5FO5. The molecule has 1 rings (SSSR count). The van der Waals surface area contributed by atoms with E-state index in [9.17, 15) is 14.0 Å². The maximum absolute atomic E-state index is 12.4. The van der Waals surface area contributed by atoms with E-state index in [1.165, 1.54) is 0 Å². The number of hydrogen-bond donors (Lipinski definition) is 0. The summed E-state index contributed by atoms with van der Waals surface area (Å²) >= 11 is 0. The number of carbonyl (C=O) groups excluding carboxylic acids is 2. The summed E-state index contributed by atoms with van der Waals surface area (Å²) in [4.78, 5) is 20.7. The van der Waals surface area contributed by atoms with Crippen molar-refractivity contribution in [3.63, 3.8) is 0 Å². The van der Waals surface area contributed by atoms with Crippen molar-refractivity contribution >= 4 is 12.1 Å². The largest absolute Gasteiger partial charge is 0.512 e. The molecule has 1 aliphatic heterocycles. The molecule has 1 saturated heterocycles. The highest BCUT2D eigenvalue weighted by Gasteiger charge is 2.43. The Balaban J connectivity index is 2.59. The number of rotatable bonds is 1. The van der Waals surface area contributed by atoms with E-state index in [2.05, 4.69) is 14.2 Å². The molecule has 0 spiro atoms. The lowest BCUT2D eigenvalue weighted by Gasteiger charge is -2.04. The molecule has 0 amide bonds. The van der Waals surface area contributed by atoms with E-state index in [0.717, 1.165) is 7.11 Å². The highest BCUT2D eigenvalue weighted by atomic mass is 19.1. The lowest BCUT2D eigenvalue weighted by Crippen LogP contribution is -2.29. The molecule has 2 unspecified atom stereocenters. The van der Waals surface area contributed by atoms with Crippen molar-refractivity contribution in [3.8, 4) is 0 Å². The lowest BCUT2D eigenvalue weighted by molar-refractivity contribution is -0.153. The lowest BCUT2D eigenvalue weighted by atomic mass is 10.4. The van der Waals surface area contributed by atoms with E-state index < -0.39 is 24.6 Å². The fraction of sp³-hybridized carbons (Fsp3) is 0.600. The second-order valence-corrected chi connectivity index (χ2v) is 1.78. The van der Waals surface area contributed by atoms with Gasteiger partial charge < -0.3 is 14.2 Å². The van der Waals surface area contributed by atoms with Crippen molar-refractivity contribution in [3.05, 3.63) is 0 Å². The summed E-state index contributed by atoms with van der Waals surface area (Å²) in [6, 6.07) is 0. The second kappa shape index (κ2) is 2.73. The van der Waals surface area contributed by atoms with Crippen LogP contribution >= 0.6 is 0 Å². The van der Waals surface area contributed by atoms with E-state index in [1.807, 2.05) is 0 Å². The Hall–Kier alpha value is -1.33. The van der Waals surface area contributed by atoms with Gasteiger partial charge in [0, 0.05) is 0 Å². The van der Waals surface area contributed by atoms with Crippen molar-refractivity contribution in [2.75, 3.05) is 7.11 Å². The Morgan fingerprint density at radius 3 is 2.64 bits per heavy atom. The number of carbonyl (C=O) groups is 2. The van der Waals surface area contributed by atoms with Gasteiger partial charge in [-0.15, -0.1) is 0 Å². The topological polar surface area (TPSA) is 61.8 Å². The zero-order chi connectivity index (χ0) is 8.43. The Morgan fingerprint density at radius 2 is 2.27 bits per heavy atom. The first-order chi connectivity index (χ1) is 5.15. The van der Waals surface area contributed by atoms with Crippen molar-refractivity contribution in [2.45, 2.75) is 12.5 Å². The van der Waals surface area contributed by atoms with Crippen LogP contribution in [0, 0.1) is 0 Å². The first-order valence-corrected chi connectivity index (χ1v) is 2.74. The van der Waals surface area contributed by atoms with Crippen LogP contribution in [0.1, 0.15) is 0 Å². The maximum Gasteiger partial charge on any atom is 0.512 e. The Morgan fingerprint density at radius 1 is 1.64 bits per heavy atom. The minimum absolute atomic E-state index is 0.969. The molecule has 0 N–H and O–H groups in total. The van der Waals surface area contributed by atoms with Gasteiger partial charge in [0.1, 0.15) is 0 Å². The molecule has 1 aliphatic rings. The van der Waals surface area contributed by atoms with E-state index in [4.69, 9.17) is 0 Å². The molecule has 0 saturated carbocycles. The van der Waals surface area contributed by atoms with Crippen LogP contribution in [0.15, 0.2) is 0 Å². The molecule has 11 heavy (non-hydrogen) atoms. The van der Waals surface area contributed by atoms with Crippen LogP contribution in [0.25, 0.3) is 0 Å². The summed E-state index contributed by atoms with van der Waals surface area (Å²) < 4.78 is 24.5. The summed E-state index contributed by atoms with van der Waals surface area (Å²) in [6.45, 7) is 0. The number of ether oxygens (including phenoxy) is 3. The average molecular weight is 164 g/mol. The van der Waals surface area contributed by atoms with Gasteiger partial charge >= 0.3 is 12.1 Å². The molecule has 1 heterocycles. The molecule has 0 bridgehead atoms. The molecule has 2 atom stereocenters. The van der Waals surface area contributed by atoms with Gasteiger partial charge in [-0.2, -0.15) is 4.39 Å². The molecule has 6 heteroatoms. The monoisotopic (exact) mass is 164 g/mol. The Labute approximate surface area is 61.0 Å². The molecule has 0 aromatic rings. The summed E-state index contributed by atoms with van der Waals surface area (Å²) in [6.07, 6.45) is -4.84. The standard InChI is InChI=1S/C5H5FO5/c1-9-4(7)2-3(6)11-5(8)10-2/h2-3H,1H3. The van der Waals surface area contributed by atoms with Crippen LogP contribution in [-0.2, 0) is 19.0 Å². The summed E-state index contributed by atoms with van der Waals surface area (Å²) in [5.41, 5.74) is 0. The third-order valence-electron chi connectivity index (χ3n) is 1.10. The molecule has 0 aromatic carbocycles. The van der Waals surface area contributed by atoms with Gasteiger partial charge in [0.25, 0.3) is 12.5 Å². The maximum atomic E-state index is 12.4. The van der Waals surface area contributed by atoms with Gasteiger partial charge in [-0.05, 0) is 0 Å². The molecule has 0 radical (unpaired) electrons. The predicted molar refractivity (Wildman–Crippen MR) is 28.3 cm³/mol. The molecule has 62 valence electrons. The van der Waals surface area contributed by atoms with Crippen molar-refractivity contribution in [1.82, 2.24) is 0 Å². The number of alkyl halides is 1. The van der Waals surface area contributed by atoms with Crippen molar-refractivity contribution in [1.29, 1.82) is 0 Å². The fourth-order valence-electron chi connectivity index (χ4n) is 0.610. The molecule has 0 aliphatic carbocycles. The zero-order valence-corrected chi connectivity index (χ0v) is 5.57. The summed E-state index contributed by atoms with van der Waals surface area (Å²) in [5.74, 6) is -0.969. The smallest absolute Gasteiger partial charge is 0.466 e. The fourth-order valence-corrected chi connectivity index (χ4v) is 0.610. The van der Waals surface area contributed by atoms with Crippen LogP contribution < -0.4 is 0 Å². The molecule has 5 nitrogen and oxygen atoms in total. The van der Waals surface area contributed by atoms with E-state index in [1.54, 1.807) is 0 Å². The first-order valence-electron chi connectivity index (χ1n) is 2.74. The molecular weight excluding hydrogens is 159 g/mol. The number of methoxy groups -OCH3 is 1. The van der Waals surface area contributed by atoms with Crippen molar-refractivity contribution in [2.24, 2.45) is 0 Å². The quantitative estimate of drug-likeness (QED) is 0.510. The highest BCUT2D eigenvalue weighted by Crippen LogP contribution is 2.16. The minimum Gasteiger partial charge on any atom is -0.466 e. The van der Waals surface area contributed by atoms with Gasteiger partial charge in [-0.25, -0.2) is 9.59 Å². The summed E-state index contributed by atoms with van der Waals surface area (Å²) in [5, 5.41) is 0. The van der Waals surface area contributed by atoms with Crippen molar-refractivity contribution < 1.29 is 28.2 Å². The number of hydrogen-bond acceptors (Lipinski definition) is 5. The van der Waals surface area contributed by atoms with Crippen LogP contribution in [0.5, 0.6) is 0 Å². The minimum atomic E-state index is -2.06. The highest BCUT2D eigenvalue weighted by molar-refractivity contribution is 5.80.